The summed E-state index contributed by atoms with van der Waals surface area (Å²) in [5, 5.41) is 10.1. The van der Waals surface area contributed by atoms with Gasteiger partial charge in [-0.2, -0.15) is 0 Å². The number of aliphatic hydroxyl groups excluding tert-OH is 1. The number of rotatable bonds is 4. The van der Waals surface area contributed by atoms with Crippen LogP contribution in [0.25, 0.3) is 0 Å². The van der Waals surface area contributed by atoms with Gasteiger partial charge in [-0.25, -0.2) is 0 Å². The van der Waals surface area contributed by atoms with Crippen molar-refractivity contribution in [2.75, 3.05) is 0 Å². The molecule has 88 valence electrons. The molecule has 1 N–H and O–H groups in total. The number of aliphatic hydroxyl groups is 1. The summed E-state index contributed by atoms with van der Waals surface area (Å²) >= 11 is 3.39. The van der Waals surface area contributed by atoms with E-state index in [0.29, 0.717) is 0 Å². The van der Waals surface area contributed by atoms with Crippen molar-refractivity contribution in [3.8, 4) is 0 Å². The van der Waals surface area contributed by atoms with Gasteiger partial charge in [0.1, 0.15) is 0 Å². The van der Waals surface area contributed by atoms with Crippen LogP contribution in [0.15, 0.2) is 59.1 Å². The summed E-state index contributed by atoms with van der Waals surface area (Å²) in [5.41, 5.74) is 2.24. The zero-order valence-electron chi connectivity index (χ0n) is 9.51. The van der Waals surface area contributed by atoms with Crippen LogP contribution in [-0.2, 0) is 6.42 Å². The Morgan fingerprint density at radius 3 is 2.24 bits per heavy atom. The molecule has 1 unspecified atom stereocenters. The predicted octanol–water partition coefficient (Wildman–Crippen LogP) is 4.12. The van der Waals surface area contributed by atoms with E-state index in [1.54, 1.807) is 0 Å². The van der Waals surface area contributed by atoms with E-state index in [2.05, 4.69) is 28.1 Å². The first-order chi connectivity index (χ1) is 8.25. The van der Waals surface area contributed by atoms with Gasteiger partial charge >= 0.3 is 0 Å². The second-order valence-electron chi connectivity index (χ2n) is 4.09. The summed E-state index contributed by atoms with van der Waals surface area (Å²) in [6.45, 7) is 0. The molecule has 0 radical (unpaired) electrons. The van der Waals surface area contributed by atoms with Crippen molar-refractivity contribution >= 4 is 15.9 Å². The molecular weight excluding hydrogens is 276 g/mol. The van der Waals surface area contributed by atoms with E-state index in [9.17, 15) is 5.11 Å². The molecule has 0 saturated heterocycles. The van der Waals surface area contributed by atoms with E-state index < -0.39 is 0 Å². The highest BCUT2D eigenvalue weighted by molar-refractivity contribution is 9.10. The number of halogens is 1. The standard InChI is InChI=1S/C15H15BrO/c16-14-9-7-13(8-10-14)15(17)11-6-12-4-2-1-3-5-12/h1-5,7-10,15,17H,6,11H2. The van der Waals surface area contributed by atoms with Gasteiger partial charge in [-0.3, -0.25) is 0 Å². The number of benzene rings is 2. The van der Waals surface area contributed by atoms with Crippen LogP contribution in [0.5, 0.6) is 0 Å². The maximum atomic E-state index is 10.1. The summed E-state index contributed by atoms with van der Waals surface area (Å²) in [4.78, 5) is 0. The zero-order valence-corrected chi connectivity index (χ0v) is 11.1. The zero-order chi connectivity index (χ0) is 12.1. The van der Waals surface area contributed by atoms with E-state index in [1.165, 1.54) is 5.56 Å². The molecule has 0 saturated carbocycles. The molecule has 0 bridgehead atoms. The second kappa shape index (κ2) is 5.99. The van der Waals surface area contributed by atoms with E-state index in [-0.39, 0.29) is 6.10 Å². The molecule has 0 aliphatic carbocycles. The predicted molar refractivity (Wildman–Crippen MR) is 73.9 cm³/mol. The Morgan fingerprint density at radius 1 is 0.941 bits per heavy atom. The summed E-state index contributed by atoms with van der Waals surface area (Å²) in [6.07, 6.45) is 1.27. The van der Waals surface area contributed by atoms with E-state index >= 15 is 0 Å². The van der Waals surface area contributed by atoms with Crippen LogP contribution in [-0.4, -0.2) is 5.11 Å². The average Bonchev–Trinajstić information content (AvgIpc) is 2.38. The van der Waals surface area contributed by atoms with E-state index in [0.717, 1.165) is 22.9 Å². The third-order valence-electron chi connectivity index (χ3n) is 2.80. The van der Waals surface area contributed by atoms with Gasteiger partial charge in [-0.05, 0) is 36.1 Å². The number of hydrogen-bond donors (Lipinski definition) is 1. The van der Waals surface area contributed by atoms with Gasteiger partial charge in [0.2, 0.25) is 0 Å². The molecule has 1 nitrogen and oxygen atoms in total. The van der Waals surface area contributed by atoms with Crippen molar-refractivity contribution in [1.82, 2.24) is 0 Å². The first-order valence-corrected chi connectivity index (χ1v) is 6.52. The van der Waals surface area contributed by atoms with Crippen LogP contribution in [0.2, 0.25) is 0 Å². The van der Waals surface area contributed by atoms with E-state index in [1.807, 2.05) is 42.5 Å². The lowest BCUT2D eigenvalue weighted by Gasteiger charge is -2.11. The molecule has 0 fully saturated rings. The van der Waals surface area contributed by atoms with Crippen LogP contribution >= 0.6 is 15.9 Å². The molecule has 1 atom stereocenters. The molecule has 0 aromatic heterocycles. The summed E-state index contributed by atoms with van der Waals surface area (Å²) in [6, 6.07) is 18.1. The van der Waals surface area contributed by atoms with Crippen molar-refractivity contribution in [3.05, 3.63) is 70.2 Å². The fourth-order valence-electron chi connectivity index (χ4n) is 1.80. The Hall–Kier alpha value is -1.12. The fraction of sp³-hybridized carbons (Fsp3) is 0.200. The topological polar surface area (TPSA) is 20.2 Å². The van der Waals surface area contributed by atoms with E-state index in [4.69, 9.17) is 0 Å². The van der Waals surface area contributed by atoms with Crippen LogP contribution in [0, 0.1) is 0 Å². The molecule has 2 heteroatoms. The first kappa shape index (κ1) is 12.3. The Kier molecular flexibility index (Phi) is 4.35. The molecular formula is C15H15BrO. The first-order valence-electron chi connectivity index (χ1n) is 5.73. The summed E-state index contributed by atoms with van der Waals surface area (Å²) < 4.78 is 1.04. The lowest BCUT2D eigenvalue weighted by molar-refractivity contribution is 0.168. The maximum absolute atomic E-state index is 10.1. The molecule has 2 rings (SSSR count). The lowest BCUT2D eigenvalue weighted by Crippen LogP contribution is -1.99. The van der Waals surface area contributed by atoms with Gasteiger partial charge in [-0.1, -0.05) is 58.4 Å². The maximum Gasteiger partial charge on any atom is 0.0793 e. The smallest absolute Gasteiger partial charge is 0.0793 e. The quantitative estimate of drug-likeness (QED) is 0.898. The van der Waals surface area contributed by atoms with Crippen molar-refractivity contribution in [3.63, 3.8) is 0 Å². The normalized spacial score (nSPS) is 12.4. The fourth-order valence-corrected chi connectivity index (χ4v) is 2.06. The van der Waals surface area contributed by atoms with Crippen LogP contribution in [0.3, 0.4) is 0 Å². The molecule has 2 aromatic rings. The molecule has 0 spiro atoms. The molecule has 2 aromatic carbocycles. The van der Waals surface area contributed by atoms with Crippen molar-refractivity contribution < 1.29 is 5.11 Å². The average molecular weight is 291 g/mol. The number of hydrogen-bond acceptors (Lipinski definition) is 1. The van der Waals surface area contributed by atoms with Gasteiger partial charge in [0.25, 0.3) is 0 Å². The highest BCUT2D eigenvalue weighted by Crippen LogP contribution is 2.21. The molecule has 0 heterocycles. The second-order valence-corrected chi connectivity index (χ2v) is 5.01. The Labute approximate surface area is 110 Å². The SMILES string of the molecule is OC(CCc1ccccc1)c1ccc(Br)cc1. The molecule has 17 heavy (non-hydrogen) atoms. The highest BCUT2D eigenvalue weighted by Gasteiger charge is 2.07. The minimum atomic E-state index is -0.386. The van der Waals surface area contributed by atoms with Gasteiger partial charge in [-0.15, -0.1) is 0 Å². The highest BCUT2D eigenvalue weighted by atomic mass is 79.9. The van der Waals surface area contributed by atoms with Gasteiger partial charge in [0.15, 0.2) is 0 Å². The number of aryl methyl sites for hydroxylation is 1. The van der Waals surface area contributed by atoms with Crippen molar-refractivity contribution in [1.29, 1.82) is 0 Å². The van der Waals surface area contributed by atoms with Crippen LogP contribution < -0.4 is 0 Å². The molecule has 0 aliphatic rings. The monoisotopic (exact) mass is 290 g/mol. The minimum absolute atomic E-state index is 0.386. The van der Waals surface area contributed by atoms with Crippen LogP contribution in [0.1, 0.15) is 23.7 Å². The van der Waals surface area contributed by atoms with Gasteiger partial charge in [0, 0.05) is 4.47 Å². The Balaban J connectivity index is 1.93. The minimum Gasteiger partial charge on any atom is -0.388 e. The third-order valence-corrected chi connectivity index (χ3v) is 3.33. The third kappa shape index (κ3) is 3.69. The molecule has 0 aliphatic heterocycles. The van der Waals surface area contributed by atoms with Crippen molar-refractivity contribution in [2.45, 2.75) is 18.9 Å². The largest absolute Gasteiger partial charge is 0.388 e. The van der Waals surface area contributed by atoms with Crippen molar-refractivity contribution in [2.24, 2.45) is 0 Å². The summed E-state index contributed by atoms with van der Waals surface area (Å²) in [7, 11) is 0. The van der Waals surface area contributed by atoms with Crippen LogP contribution in [0.4, 0.5) is 0 Å². The Bertz CT molecular complexity index is 450. The van der Waals surface area contributed by atoms with Gasteiger partial charge in [0.05, 0.1) is 6.10 Å². The molecule has 0 amide bonds. The van der Waals surface area contributed by atoms with Gasteiger partial charge < -0.3 is 5.11 Å². The lowest BCUT2D eigenvalue weighted by atomic mass is 10.0. The summed E-state index contributed by atoms with van der Waals surface area (Å²) in [5.74, 6) is 0. The Morgan fingerprint density at radius 2 is 1.59 bits per heavy atom.